The summed E-state index contributed by atoms with van der Waals surface area (Å²) in [5.74, 6) is 0.849. The highest BCUT2D eigenvalue weighted by Crippen LogP contribution is 2.27. The van der Waals surface area contributed by atoms with Crippen LogP contribution in [0.5, 0.6) is 0 Å². The minimum atomic E-state index is 0.406. The largest absolute Gasteiger partial charge is 0.378 e. The first-order valence-electron chi connectivity index (χ1n) is 8.60. The van der Waals surface area contributed by atoms with E-state index in [4.69, 9.17) is 4.74 Å². The lowest BCUT2D eigenvalue weighted by atomic mass is 10.0. The Balaban J connectivity index is 1.82. The van der Waals surface area contributed by atoms with Crippen LogP contribution in [0.15, 0.2) is 6.07 Å². The zero-order chi connectivity index (χ0) is 16.4. The Kier molecular flexibility index (Phi) is 4.84. The maximum atomic E-state index is 9.51. The Morgan fingerprint density at radius 3 is 2.91 bits per heavy atom. The van der Waals surface area contributed by atoms with Crippen LogP contribution in [0.2, 0.25) is 0 Å². The molecule has 2 atom stereocenters. The van der Waals surface area contributed by atoms with Gasteiger partial charge in [-0.15, -0.1) is 0 Å². The number of hydrogen-bond donors (Lipinski definition) is 0. The number of fused-ring (bicyclic) bond motifs is 1. The zero-order valence-electron chi connectivity index (χ0n) is 14.4. The fourth-order valence-corrected chi connectivity index (χ4v) is 3.89. The van der Waals surface area contributed by atoms with E-state index in [1.165, 1.54) is 12.8 Å². The van der Waals surface area contributed by atoms with Gasteiger partial charge in [0, 0.05) is 31.4 Å². The summed E-state index contributed by atoms with van der Waals surface area (Å²) in [6.45, 7) is 10.7. The molecule has 2 aliphatic rings. The average molecular weight is 314 g/mol. The van der Waals surface area contributed by atoms with Crippen molar-refractivity contribution in [3.05, 3.63) is 22.9 Å². The molecule has 1 aromatic heterocycles. The second-order valence-corrected chi connectivity index (χ2v) is 6.71. The van der Waals surface area contributed by atoms with Crippen LogP contribution in [0, 0.1) is 25.2 Å². The molecule has 0 spiro atoms. The lowest BCUT2D eigenvalue weighted by Gasteiger charge is -2.48. The zero-order valence-corrected chi connectivity index (χ0v) is 14.4. The summed E-state index contributed by atoms with van der Waals surface area (Å²) in [7, 11) is 0. The number of rotatable bonds is 3. The molecule has 2 fully saturated rings. The Labute approximate surface area is 138 Å². The van der Waals surface area contributed by atoms with Crippen LogP contribution in [-0.4, -0.2) is 54.8 Å². The molecule has 124 valence electrons. The molecule has 0 saturated carbocycles. The Morgan fingerprint density at radius 1 is 1.35 bits per heavy atom. The van der Waals surface area contributed by atoms with E-state index in [0.717, 1.165) is 49.9 Å². The highest BCUT2D eigenvalue weighted by Gasteiger charge is 2.36. The Hall–Kier alpha value is -1.64. The first-order valence-corrected chi connectivity index (χ1v) is 8.60. The fraction of sp³-hybridized carbons (Fsp3) is 0.667. The van der Waals surface area contributed by atoms with Crippen LogP contribution < -0.4 is 4.90 Å². The van der Waals surface area contributed by atoms with E-state index < -0.39 is 0 Å². The number of anilines is 1. The molecule has 0 N–H and O–H groups in total. The monoisotopic (exact) mass is 314 g/mol. The number of morpholine rings is 1. The van der Waals surface area contributed by atoms with Crippen molar-refractivity contribution in [1.82, 2.24) is 9.88 Å². The number of pyridine rings is 1. The molecule has 5 heteroatoms. The first-order chi connectivity index (χ1) is 11.1. The first kappa shape index (κ1) is 16.2. The lowest BCUT2D eigenvalue weighted by molar-refractivity contribution is -0.0558. The summed E-state index contributed by atoms with van der Waals surface area (Å²) in [4.78, 5) is 9.55. The lowest BCUT2D eigenvalue weighted by Crippen LogP contribution is -2.62. The van der Waals surface area contributed by atoms with E-state index in [0.29, 0.717) is 17.6 Å². The van der Waals surface area contributed by atoms with Gasteiger partial charge in [-0.1, -0.05) is 13.3 Å². The predicted octanol–water partition coefficient (Wildman–Crippen LogP) is 2.26. The quantitative estimate of drug-likeness (QED) is 0.856. The van der Waals surface area contributed by atoms with Gasteiger partial charge in [0.2, 0.25) is 0 Å². The molecule has 23 heavy (non-hydrogen) atoms. The summed E-state index contributed by atoms with van der Waals surface area (Å²) < 4.78 is 5.84. The molecule has 2 saturated heterocycles. The molecule has 0 aliphatic carbocycles. The minimum absolute atomic E-state index is 0.406. The van der Waals surface area contributed by atoms with Crippen LogP contribution in [0.1, 0.15) is 36.6 Å². The molecule has 0 radical (unpaired) electrons. The minimum Gasteiger partial charge on any atom is -0.378 e. The SMILES string of the molecule is CCC[C@H]1COC[C@H]2CN(c3nc(C)cc(C)c3C#N)CCN12. The summed E-state index contributed by atoms with van der Waals surface area (Å²) >= 11 is 0. The number of hydrogen-bond acceptors (Lipinski definition) is 5. The number of aromatic nitrogens is 1. The summed E-state index contributed by atoms with van der Waals surface area (Å²) in [5.41, 5.74) is 2.70. The molecular formula is C18H26N4O. The maximum absolute atomic E-state index is 9.51. The van der Waals surface area contributed by atoms with Gasteiger partial charge in [-0.2, -0.15) is 5.26 Å². The van der Waals surface area contributed by atoms with Gasteiger partial charge in [-0.3, -0.25) is 4.90 Å². The molecule has 0 aromatic carbocycles. The summed E-state index contributed by atoms with van der Waals surface area (Å²) in [6.07, 6.45) is 2.39. The van der Waals surface area contributed by atoms with Gasteiger partial charge >= 0.3 is 0 Å². The molecule has 3 rings (SSSR count). The third kappa shape index (κ3) is 3.19. The normalized spacial score (nSPS) is 25.0. The van der Waals surface area contributed by atoms with Gasteiger partial charge in [0.05, 0.1) is 24.8 Å². The highest BCUT2D eigenvalue weighted by molar-refractivity contribution is 5.58. The molecule has 5 nitrogen and oxygen atoms in total. The van der Waals surface area contributed by atoms with Crippen molar-refractivity contribution < 1.29 is 4.74 Å². The van der Waals surface area contributed by atoms with Crippen molar-refractivity contribution >= 4 is 5.82 Å². The van der Waals surface area contributed by atoms with Crippen molar-refractivity contribution in [1.29, 1.82) is 5.26 Å². The number of aryl methyl sites for hydroxylation is 2. The number of ether oxygens (including phenoxy) is 1. The predicted molar refractivity (Wildman–Crippen MR) is 90.6 cm³/mol. The molecular weight excluding hydrogens is 288 g/mol. The average Bonchev–Trinajstić information content (AvgIpc) is 2.54. The van der Waals surface area contributed by atoms with Crippen molar-refractivity contribution in [2.24, 2.45) is 0 Å². The third-order valence-electron chi connectivity index (χ3n) is 4.98. The third-order valence-corrected chi connectivity index (χ3v) is 4.98. The van der Waals surface area contributed by atoms with Crippen molar-refractivity contribution in [2.75, 3.05) is 37.7 Å². The Morgan fingerprint density at radius 2 is 2.17 bits per heavy atom. The summed E-state index contributed by atoms with van der Waals surface area (Å²) in [6, 6.07) is 5.28. The standard InChI is InChI=1S/C18H26N4O/c1-4-5-15-11-23-12-16-10-21(6-7-22(15)16)18-17(9-19)13(2)8-14(3)20-18/h8,15-16H,4-7,10-12H2,1-3H3/t15-,16+/m0/s1. The molecule has 2 aliphatic heterocycles. The molecule has 3 heterocycles. The molecule has 0 unspecified atom stereocenters. The van der Waals surface area contributed by atoms with E-state index in [9.17, 15) is 5.26 Å². The van der Waals surface area contributed by atoms with Crippen molar-refractivity contribution in [3.8, 4) is 6.07 Å². The molecule has 1 aromatic rings. The number of nitrogens with zero attached hydrogens (tertiary/aromatic N) is 4. The van der Waals surface area contributed by atoms with Gasteiger partial charge in [0.1, 0.15) is 11.9 Å². The van der Waals surface area contributed by atoms with Gasteiger partial charge in [-0.05, 0) is 31.9 Å². The van der Waals surface area contributed by atoms with E-state index in [-0.39, 0.29) is 0 Å². The van der Waals surface area contributed by atoms with Crippen LogP contribution in [-0.2, 0) is 4.74 Å². The van der Waals surface area contributed by atoms with Gasteiger partial charge < -0.3 is 9.64 Å². The molecule has 0 bridgehead atoms. The smallest absolute Gasteiger partial charge is 0.147 e. The second-order valence-electron chi connectivity index (χ2n) is 6.71. The van der Waals surface area contributed by atoms with Gasteiger partial charge in [-0.25, -0.2) is 4.98 Å². The Bertz CT molecular complexity index is 608. The van der Waals surface area contributed by atoms with Crippen LogP contribution in [0.25, 0.3) is 0 Å². The highest BCUT2D eigenvalue weighted by atomic mass is 16.5. The van der Waals surface area contributed by atoms with Crippen LogP contribution >= 0.6 is 0 Å². The van der Waals surface area contributed by atoms with E-state index in [1.54, 1.807) is 0 Å². The second kappa shape index (κ2) is 6.86. The van der Waals surface area contributed by atoms with Crippen molar-refractivity contribution in [2.45, 2.75) is 45.7 Å². The topological polar surface area (TPSA) is 52.4 Å². The van der Waals surface area contributed by atoms with Gasteiger partial charge in [0.25, 0.3) is 0 Å². The number of nitriles is 1. The fourth-order valence-electron chi connectivity index (χ4n) is 3.89. The van der Waals surface area contributed by atoms with Gasteiger partial charge in [0.15, 0.2) is 0 Å². The maximum Gasteiger partial charge on any atom is 0.147 e. The van der Waals surface area contributed by atoms with Crippen LogP contribution in [0.3, 0.4) is 0 Å². The van der Waals surface area contributed by atoms with Crippen LogP contribution in [0.4, 0.5) is 5.82 Å². The van der Waals surface area contributed by atoms with E-state index >= 15 is 0 Å². The molecule has 0 amide bonds. The summed E-state index contributed by atoms with van der Waals surface area (Å²) in [5, 5.41) is 9.51. The van der Waals surface area contributed by atoms with Crippen molar-refractivity contribution in [3.63, 3.8) is 0 Å². The van der Waals surface area contributed by atoms with E-state index in [1.807, 2.05) is 19.9 Å². The van der Waals surface area contributed by atoms with E-state index in [2.05, 4.69) is 27.8 Å². The number of piperazine rings is 1.